The van der Waals surface area contributed by atoms with Gasteiger partial charge in [0.15, 0.2) is 5.16 Å². The standard InChI is InChI=1S/C11H8N4OS/c1-7-4-9(16)15-11(14-7)17-10-5-8(6-12)2-3-13-10/h2-5H,1H3,(H,14,15,16). The van der Waals surface area contributed by atoms with E-state index in [1.165, 1.54) is 17.8 Å². The summed E-state index contributed by atoms with van der Waals surface area (Å²) in [6.07, 6.45) is 1.55. The van der Waals surface area contributed by atoms with Crippen molar-refractivity contribution in [1.82, 2.24) is 15.0 Å². The van der Waals surface area contributed by atoms with Gasteiger partial charge in [-0.25, -0.2) is 9.97 Å². The Labute approximate surface area is 102 Å². The Kier molecular flexibility index (Phi) is 3.21. The molecule has 0 aliphatic carbocycles. The van der Waals surface area contributed by atoms with Crippen molar-refractivity contribution >= 4 is 11.8 Å². The highest BCUT2D eigenvalue weighted by molar-refractivity contribution is 7.99. The van der Waals surface area contributed by atoms with Crippen molar-refractivity contribution in [3.05, 3.63) is 46.0 Å². The van der Waals surface area contributed by atoms with Crippen molar-refractivity contribution in [2.24, 2.45) is 0 Å². The Hall–Kier alpha value is -2.13. The average Bonchev–Trinajstić information content (AvgIpc) is 2.28. The lowest BCUT2D eigenvalue weighted by Gasteiger charge is -2.00. The monoisotopic (exact) mass is 244 g/mol. The molecule has 0 atom stereocenters. The maximum absolute atomic E-state index is 11.2. The fraction of sp³-hybridized carbons (Fsp3) is 0.0909. The Morgan fingerprint density at radius 1 is 1.47 bits per heavy atom. The van der Waals surface area contributed by atoms with Gasteiger partial charge in [0, 0.05) is 18.0 Å². The minimum Gasteiger partial charge on any atom is -0.301 e. The summed E-state index contributed by atoms with van der Waals surface area (Å²) in [4.78, 5) is 22.1. The van der Waals surface area contributed by atoms with Crippen LogP contribution in [-0.2, 0) is 0 Å². The SMILES string of the molecule is Cc1cc(=O)[nH]c(Sc2cc(C#N)ccn2)n1. The van der Waals surface area contributed by atoms with Gasteiger partial charge in [-0.05, 0) is 30.8 Å². The molecule has 0 unspecified atom stereocenters. The van der Waals surface area contributed by atoms with E-state index >= 15 is 0 Å². The summed E-state index contributed by atoms with van der Waals surface area (Å²) in [6, 6.07) is 6.72. The lowest BCUT2D eigenvalue weighted by molar-refractivity contribution is 0.902. The van der Waals surface area contributed by atoms with E-state index < -0.39 is 0 Å². The number of hydrogen-bond acceptors (Lipinski definition) is 5. The second-order valence-corrected chi connectivity index (χ2v) is 4.30. The van der Waals surface area contributed by atoms with E-state index in [9.17, 15) is 4.79 Å². The minimum absolute atomic E-state index is 0.198. The van der Waals surface area contributed by atoms with Crippen molar-refractivity contribution in [1.29, 1.82) is 5.26 Å². The normalized spacial score (nSPS) is 9.88. The summed E-state index contributed by atoms with van der Waals surface area (Å²) >= 11 is 1.22. The number of nitrogens with zero attached hydrogens (tertiary/aromatic N) is 3. The molecule has 2 aromatic rings. The topological polar surface area (TPSA) is 82.4 Å². The van der Waals surface area contributed by atoms with Gasteiger partial charge >= 0.3 is 0 Å². The van der Waals surface area contributed by atoms with Crippen molar-refractivity contribution in [2.75, 3.05) is 0 Å². The van der Waals surface area contributed by atoms with E-state index in [1.807, 2.05) is 6.07 Å². The molecule has 0 fully saturated rings. The zero-order chi connectivity index (χ0) is 12.3. The summed E-state index contributed by atoms with van der Waals surface area (Å²) in [5.74, 6) is 0. The van der Waals surface area contributed by atoms with Crippen molar-refractivity contribution < 1.29 is 0 Å². The van der Waals surface area contributed by atoms with Gasteiger partial charge in [0.25, 0.3) is 5.56 Å². The predicted octanol–water partition coefficient (Wildman–Crippen LogP) is 1.50. The van der Waals surface area contributed by atoms with Crippen LogP contribution in [0.2, 0.25) is 0 Å². The smallest absolute Gasteiger partial charge is 0.251 e. The summed E-state index contributed by atoms with van der Waals surface area (Å²) in [6.45, 7) is 1.75. The molecular formula is C11H8N4OS. The molecule has 1 N–H and O–H groups in total. The molecule has 0 aromatic carbocycles. The first-order valence-electron chi connectivity index (χ1n) is 4.79. The van der Waals surface area contributed by atoms with Crippen LogP contribution in [0.1, 0.15) is 11.3 Å². The molecule has 2 rings (SSSR count). The highest BCUT2D eigenvalue weighted by Gasteiger charge is 2.03. The summed E-state index contributed by atoms with van der Waals surface area (Å²) < 4.78 is 0. The zero-order valence-electron chi connectivity index (χ0n) is 8.97. The number of H-pyrrole nitrogens is 1. The first-order chi connectivity index (χ1) is 8.17. The maximum atomic E-state index is 11.2. The number of aromatic amines is 1. The molecule has 17 heavy (non-hydrogen) atoms. The summed E-state index contributed by atoms with van der Waals surface area (Å²) in [5.41, 5.74) is 0.974. The second kappa shape index (κ2) is 4.80. The quantitative estimate of drug-likeness (QED) is 0.809. The fourth-order valence-corrected chi connectivity index (χ4v) is 2.07. The predicted molar refractivity (Wildman–Crippen MR) is 62.7 cm³/mol. The third kappa shape index (κ3) is 2.92. The van der Waals surface area contributed by atoms with Crippen LogP contribution in [-0.4, -0.2) is 15.0 Å². The number of rotatable bonds is 2. The van der Waals surface area contributed by atoms with Gasteiger partial charge in [-0.2, -0.15) is 5.26 Å². The molecule has 0 amide bonds. The number of nitrogens with one attached hydrogen (secondary N) is 1. The summed E-state index contributed by atoms with van der Waals surface area (Å²) in [5, 5.41) is 9.85. The van der Waals surface area contributed by atoms with Gasteiger partial charge in [-0.15, -0.1) is 0 Å². The van der Waals surface area contributed by atoms with E-state index in [4.69, 9.17) is 5.26 Å². The molecule has 6 heteroatoms. The maximum Gasteiger partial charge on any atom is 0.251 e. The third-order valence-electron chi connectivity index (χ3n) is 1.91. The molecule has 0 bridgehead atoms. The van der Waals surface area contributed by atoms with Crippen LogP contribution in [0, 0.1) is 18.3 Å². The molecule has 0 radical (unpaired) electrons. The summed E-state index contributed by atoms with van der Waals surface area (Å²) in [7, 11) is 0. The number of aryl methyl sites for hydroxylation is 1. The molecule has 0 aliphatic heterocycles. The van der Waals surface area contributed by atoms with E-state index in [1.54, 1.807) is 25.3 Å². The highest BCUT2D eigenvalue weighted by atomic mass is 32.2. The van der Waals surface area contributed by atoms with E-state index in [2.05, 4.69) is 15.0 Å². The van der Waals surface area contributed by atoms with Crippen LogP contribution in [0.15, 0.2) is 39.4 Å². The molecule has 0 spiro atoms. The molecular weight excluding hydrogens is 236 g/mol. The van der Waals surface area contributed by atoms with Crippen LogP contribution < -0.4 is 5.56 Å². The Balaban J connectivity index is 2.31. The highest BCUT2D eigenvalue weighted by Crippen LogP contribution is 2.21. The second-order valence-electron chi connectivity index (χ2n) is 3.29. The van der Waals surface area contributed by atoms with Crippen molar-refractivity contribution in [3.8, 4) is 6.07 Å². The molecule has 0 saturated carbocycles. The molecule has 0 aliphatic rings. The molecule has 5 nitrogen and oxygen atoms in total. The lowest BCUT2D eigenvalue weighted by atomic mass is 10.3. The number of hydrogen-bond donors (Lipinski definition) is 1. The van der Waals surface area contributed by atoms with Crippen LogP contribution >= 0.6 is 11.8 Å². The molecule has 2 heterocycles. The molecule has 0 saturated heterocycles. The third-order valence-corrected chi connectivity index (χ3v) is 2.73. The van der Waals surface area contributed by atoms with Crippen molar-refractivity contribution in [2.45, 2.75) is 17.1 Å². The van der Waals surface area contributed by atoms with Gasteiger partial charge in [-0.3, -0.25) is 4.79 Å². The fourth-order valence-electron chi connectivity index (χ4n) is 1.23. The first kappa shape index (κ1) is 11.4. The van der Waals surface area contributed by atoms with Gasteiger partial charge in [-0.1, -0.05) is 0 Å². The van der Waals surface area contributed by atoms with E-state index in [-0.39, 0.29) is 5.56 Å². The number of nitriles is 1. The van der Waals surface area contributed by atoms with Crippen LogP contribution in [0.5, 0.6) is 0 Å². The molecule has 84 valence electrons. The zero-order valence-corrected chi connectivity index (χ0v) is 9.78. The number of aromatic nitrogens is 3. The van der Waals surface area contributed by atoms with Gasteiger partial charge in [0.1, 0.15) is 5.03 Å². The first-order valence-corrected chi connectivity index (χ1v) is 5.61. The Morgan fingerprint density at radius 2 is 2.29 bits per heavy atom. The Morgan fingerprint density at radius 3 is 3.00 bits per heavy atom. The minimum atomic E-state index is -0.198. The van der Waals surface area contributed by atoms with Crippen LogP contribution in [0.3, 0.4) is 0 Å². The van der Waals surface area contributed by atoms with Crippen LogP contribution in [0.25, 0.3) is 0 Å². The van der Waals surface area contributed by atoms with E-state index in [0.29, 0.717) is 21.4 Å². The van der Waals surface area contributed by atoms with Crippen LogP contribution in [0.4, 0.5) is 0 Å². The largest absolute Gasteiger partial charge is 0.301 e. The number of pyridine rings is 1. The van der Waals surface area contributed by atoms with Gasteiger partial charge in [0.05, 0.1) is 11.6 Å². The van der Waals surface area contributed by atoms with E-state index in [0.717, 1.165) is 0 Å². The van der Waals surface area contributed by atoms with Gasteiger partial charge < -0.3 is 4.98 Å². The van der Waals surface area contributed by atoms with Crippen molar-refractivity contribution in [3.63, 3.8) is 0 Å². The average molecular weight is 244 g/mol. The van der Waals surface area contributed by atoms with Gasteiger partial charge in [0.2, 0.25) is 0 Å². The Bertz CT molecular complexity index is 644. The molecule has 2 aromatic heterocycles. The lowest BCUT2D eigenvalue weighted by Crippen LogP contribution is -2.07.